The first-order chi connectivity index (χ1) is 1.73. The molecule has 0 spiro atoms. The molecule has 0 bridgehead atoms. The van der Waals surface area contributed by atoms with Gasteiger partial charge in [-0.1, -0.05) is 0 Å². The van der Waals surface area contributed by atoms with Crippen molar-refractivity contribution in [3.8, 4) is 0 Å². The van der Waals surface area contributed by atoms with Crippen molar-refractivity contribution in [1.82, 2.24) is 0 Å². The van der Waals surface area contributed by atoms with E-state index >= 15 is 0 Å². The molecule has 0 aliphatic heterocycles. The summed E-state index contributed by atoms with van der Waals surface area (Å²) in [4.78, 5) is 8.56. The van der Waals surface area contributed by atoms with Crippen LogP contribution in [0.25, 0.3) is 0 Å². The Kier molecular flexibility index (Phi) is 6.53. The Bertz CT molecular complexity index is 29.9. The van der Waals surface area contributed by atoms with Crippen LogP contribution in [0.1, 0.15) is 0 Å². The van der Waals surface area contributed by atoms with Gasteiger partial charge in [-0.15, -0.1) is 0 Å². The van der Waals surface area contributed by atoms with Gasteiger partial charge in [0.2, 0.25) is 0 Å². The normalized spacial score (nSPS) is 4.80. The van der Waals surface area contributed by atoms with Crippen molar-refractivity contribution in [2.24, 2.45) is 0 Å². The maximum atomic E-state index is 8.56. The molecule has 0 unspecified atom stereocenters. The molecule has 3 radical (unpaired) electrons. The largest absolute Gasteiger partial charge is 0.503 e. The topological polar surface area (TPSA) is 57.5 Å². The van der Waals surface area contributed by atoms with Crippen LogP contribution in [-0.2, 0) is 0 Å². The fraction of sp³-hybridized carbons (Fsp3) is 0. The maximum absolute atomic E-state index is 8.56. The molecule has 29 valence electrons. The SMILES string of the molecule is O=C(O)O.[P]. The highest BCUT2D eigenvalue weighted by atomic mass is 31.0. The number of carbonyl (C=O) groups is 1. The molecule has 0 atom stereocenters. The molecule has 3 nitrogen and oxygen atoms in total. The number of hydrogen-bond donors (Lipinski definition) is 2. The predicted molar refractivity (Wildman–Crippen MR) is 17.6 cm³/mol. The summed E-state index contributed by atoms with van der Waals surface area (Å²) in [5.41, 5.74) is 0. The van der Waals surface area contributed by atoms with E-state index in [4.69, 9.17) is 15.0 Å². The lowest BCUT2D eigenvalue weighted by Crippen LogP contribution is -1.81. The fourth-order valence-electron chi connectivity index (χ4n) is 0. The molecule has 5 heavy (non-hydrogen) atoms. The average molecular weight is 93.0 g/mol. The summed E-state index contributed by atoms with van der Waals surface area (Å²) in [5.74, 6) is 0. The van der Waals surface area contributed by atoms with Crippen LogP contribution in [0.5, 0.6) is 0 Å². The summed E-state index contributed by atoms with van der Waals surface area (Å²) in [6, 6.07) is 0. The standard InChI is InChI=1S/CH2O3.P/c2-1(3)4;/h(H2,2,3,4);. The van der Waals surface area contributed by atoms with Crippen LogP contribution in [0.3, 0.4) is 0 Å². The van der Waals surface area contributed by atoms with E-state index in [9.17, 15) is 0 Å². The molecule has 2 N–H and O–H groups in total. The van der Waals surface area contributed by atoms with Gasteiger partial charge in [-0.25, -0.2) is 4.79 Å². The molecule has 0 rings (SSSR count). The summed E-state index contributed by atoms with van der Waals surface area (Å²) in [5, 5.41) is 13.9. The summed E-state index contributed by atoms with van der Waals surface area (Å²) in [7, 11) is 0. The van der Waals surface area contributed by atoms with Gasteiger partial charge in [-0.05, 0) is 0 Å². The van der Waals surface area contributed by atoms with Crippen LogP contribution in [0.2, 0.25) is 0 Å². The highest BCUT2D eigenvalue weighted by Crippen LogP contribution is 1.42. The minimum atomic E-state index is -1.83. The lowest BCUT2D eigenvalue weighted by atomic mass is 11.5. The second kappa shape index (κ2) is 3.70. The Balaban J connectivity index is 0. The van der Waals surface area contributed by atoms with Gasteiger partial charge in [0.15, 0.2) is 0 Å². The predicted octanol–water partition coefficient (Wildman–Crippen LogP) is 1.08. The smallest absolute Gasteiger partial charge is 0.450 e. The molecular formula is CH2O3P. The van der Waals surface area contributed by atoms with E-state index in [2.05, 4.69) is 0 Å². The quantitative estimate of drug-likeness (QED) is 0.440. The second-order valence-electron chi connectivity index (χ2n) is 0.283. The molecule has 0 heterocycles. The van der Waals surface area contributed by atoms with Gasteiger partial charge in [-0.3, -0.25) is 0 Å². The lowest BCUT2D eigenvalue weighted by Gasteiger charge is -1.60. The Morgan fingerprint density at radius 2 is 1.40 bits per heavy atom. The molecule has 0 saturated heterocycles. The highest BCUT2D eigenvalue weighted by molar-refractivity contribution is 6.92. The van der Waals surface area contributed by atoms with Crippen LogP contribution in [0, 0.1) is 0 Å². The van der Waals surface area contributed by atoms with E-state index in [1.54, 1.807) is 0 Å². The van der Waals surface area contributed by atoms with E-state index in [0.717, 1.165) is 0 Å². The monoisotopic (exact) mass is 93.0 g/mol. The minimum absolute atomic E-state index is 0. The molecule has 0 aromatic heterocycles. The highest BCUT2D eigenvalue weighted by Gasteiger charge is 1.70. The van der Waals surface area contributed by atoms with Gasteiger partial charge in [0, 0.05) is 9.90 Å². The molecule has 0 saturated carbocycles. The van der Waals surface area contributed by atoms with Crippen LogP contribution >= 0.6 is 9.90 Å². The van der Waals surface area contributed by atoms with Gasteiger partial charge >= 0.3 is 6.16 Å². The van der Waals surface area contributed by atoms with Gasteiger partial charge < -0.3 is 10.2 Å². The summed E-state index contributed by atoms with van der Waals surface area (Å²) in [6.45, 7) is 0. The van der Waals surface area contributed by atoms with E-state index in [1.807, 2.05) is 0 Å². The van der Waals surface area contributed by atoms with Crippen molar-refractivity contribution >= 4 is 16.1 Å². The van der Waals surface area contributed by atoms with Crippen LogP contribution in [0.15, 0.2) is 0 Å². The first kappa shape index (κ1) is 8.83. The van der Waals surface area contributed by atoms with Crippen molar-refractivity contribution in [3.63, 3.8) is 0 Å². The molecular weight excluding hydrogens is 91.0 g/mol. The Morgan fingerprint density at radius 1 is 1.40 bits per heavy atom. The first-order valence-corrected chi connectivity index (χ1v) is 0.651. The number of hydrogen-bond acceptors (Lipinski definition) is 1. The van der Waals surface area contributed by atoms with Crippen molar-refractivity contribution in [1.29, 1.82) is 0 Å². The molecule has 0 aliphatic carbocycles. The molecule has 4 heteroatoms. The van der Waals surface area contributed by atoms with Crippen LogP contribution < -0.4 is 0 Å². The van der Waals surface area contributed by atoms with Crippen LogP contribution in [0.4, 0.5) is 4.79 Å². The maximum Gasteiger partial charge on any atom is 0.503 e. The van der Waals surface area contributed by atoms with Crippen molar-refractivity contribution < 1.29 is 15.0 Å². The van der Waals surface area contributed by atoms with E-state index in [-0.39, 0.29) is 9.90 Å². The first-order valence-electron chi connectivity index (χ1n) is 0.651. The van der Waals surface area contributed by atoms with Crippen LogP contribution in [-0.4, -0.2) is 16.4 Å². The molecule has 0 aromatic carbocycles. The van der Waals surface area contributed by atoms with E-state index < -0.39 is 6.16 Å². The van der Waals surface area contributed by atoms with Gasteiger partial charge in [0.05, 0.1) is 0 Å². The van der Waals surface area contributed by atoms with Gasteiger partial charge in [0.25, 0.3) is 0 Å². The van der Waals surface area contributed by atoms with Gasteiger partial charge in [-0.2, -0.15) is 0 Å². The van der Waals surface area contributed by atoms with E-state index in [1.165, 1.54) is 0 Å². The summed E-state index contributed by atoms with van der Waals surface area (Å²) in [6.07, 6.45) is -1.83. The van der Waals surface area contributed by atoms with E-state index in [0.29, 0.717) is 0 Å². The third kappa shape index (κ3) is 119. The fourth-order valence-corrected chi connectivity index (χ4v) is 0. The third-order valence-electron chi connectivity index (χ3n) is 0. The summed E-state index contributed by atoms with van der Waals surface area (Å²) < 4.78 is 0. The zero-order chi connectivity index (χ0) is 3.58. The average Bonchev–Trinajstić information content (AvgIpc) is 0.811. The zero-order valence-corrected chi connectivity index (χ0v) is 3.14. The molecule has 0 fully saturated rings. The minimum Gasteiger partial charge on any atom is -0.450 e. The molecule has 0 amide bonds. The third-order valence-corrected chi connectivity index (χ3v) is 0. The van der Waals surface area contributed by atoms with Gasteiger partial charge in [0.1, 0.15) is 0 Å². The molecule has 0 aliphatic rings. The Labute approximate surface area is 32.2 Å². The number of carboxylic acid groups (broad SMARTS) is 2. The summed E-state index contributed by atoms with van der Waals surface area (Å²) >= 11 is 0. The Morgan fingerprint density at radius 3 is 1.40 bits per heavy atom. The Hall–Kier alpha value is -0.300. The van der Waals surface area contributed by atoms with Crippen molar-refractivity contribution in [3.05, 3.63) is 0 Å². The lowest BCUT2D eigenvalue weighted by molar-refractivity contribution is 0.137. The molecule has 0 aromatic rings. The van der Waals surface area contributed by atoms with Crippen molar-refractivity contribution in [2.45, 2.75) is 0 Å². The number of rotatable bonds is 0. The second-order valence-corrected chi connectivity index (χ2v) is 0.283. The zero-order valence-electron chi connectivity index (χ0n) is 2.25. The van der Waals surface area contributed by atoms with Crippen molar-refractivity contribution in [2.75, 3.05) is 0 Å².